The molecule has 136 valence electrons. The summed E-state index contributed by atoms with van der Waals surface area (Å²) in [6.07, 6.45) is 9.45. The first-order valence-corrected chi connectivity index (χ1v) is 11.2. The number of fused-ring (bicyclic) bond motifs is 2. The van der Waals surface area contributed by atoms with E-state index < -0.39 is 7.60 Å². The Labute approximate surface area is 159 Å². The zero-order valence-electron chi connectivity index (χ0n) is 13.9. The molecule has 0 amide bonds. The van der Waals surface area contributed by atoms with E-state index in [1.165, 1.54) is 5.57 Å². The maximum absolute atomic E-state index is 11.0. The second-order valence-electron chi connectivity index (χ2n) is 6.37. The van der Waals surface area contributed by atoms with Crippen LogP contribution in [0, 0.1) is 0 Å². The van der Waals surface area contributed by atoms with Crippen molar-refractivity contribution in [3.05, 3.63) is 52.7 Å². The van der Waals surface area contributed by atoms with Crippen LogP contribution in [0.1, 0.15) is 12.0 Å². The molecule has 1 aromatic carbocycles. The largest absolute Gasteiger partial charge is 0.373 e. The van der Waals surface area contributed by atoms with E-state index in [4.69, 9.17) is 21.4 Å². The van der Waals surface area contributed by atoms with E-state index in [-0.39, 0.29) is 5.49 Å². The van der Waals surface area contributed by atoms with Crippen LogP contribution in [0.2, 0.25) is 5.02 Å². The number of thioether (sulfide) groups is 1. The first-order chi connectivity index (χ1) is 12.3. The molecule has 0 saturated carbocycles. The Morgan fingerprint density at radius 1 is 1.46 bits per heavy atom. The van der Waals surface area contributed by atoms with E-state index in [0.717, 1.165) is 40.4 Å². The van der Waals surface area contributed by atoms with Crippen molar-refractivity contribution in [2.45, 2.75) is 17.6 Å². The minimum atomic E-state index is -4.08. The third-order valence-electron chi connectivity index (χ3n) is 4.49. The van der Waals surface area contributed by atoms with Gasteiger partial charge in [-0.1, -0.05) is 29.4 Å². The van der Waals surface area contributed by atoms with E-state index in [1.807, 2.05) is 12.1 Å². The highest BCUT2D eigenvalue weighted by atomic mass is 35.5. The van der Waals surface area contributed by atoms with E-state index in [1.54, 1.807) is 0 Å². The van der Waals surface area contributed by atoms with E-state index in [2.05, 4.69) is 46.3 Å². The van der Waals surface area contributed by atoms with Crippen LogP contribution in [-0.2, 0) is 4.57 Å². The molecule has 9 heteroatoms. The number of nitrogens with one attached hydrogen (secondary N) is 1. The van der Waals surface area contributed by atoms with E-state index in [0.29, 0.717) is 16.2 Å². The Bertz CT molecular complexity index is 1020. The average Bonchev–Trinajstić information content (AvgIpc) is 3.14. The number of hydrogen-bond donors (Lipinski definition) is 3. The van der Waals surface area contributed by atoms with Gasteiger partial charge in [-0.3, -0.25) is 4.57 Å². The first-order valence-electron chi connectivity index (χ1n) is 7.99. The lowest BCUT2D eigenvalue weighted by Gasteiger charge is -2.24. The van der Waals surface area contributed by atoms with Gasteiger partial charge in [-0.05, 0) is 48.1 Å². The SMILES string of the molecule is CN1C=CC2=CC(c3cc4nc(SCP(=O)(O)O)[nH]c4cc3Cl)=CCC21. The van der Waals surface area contributed by atoms with Crippen LogP contribution >= 0.6 is 31.0 Å². The molecule has 1 aromatic heterocycles. The summed E-state index contributed by atoms with van der Waals surface area (Å²) in [4.78, 5) is 27.7. The fourth-order valence-corrected chi connectivity index (χ4v) is 4.99. The van der Waals surface area contributed by atoms with Gasteiger partial charge in [0.15, 0.2) is 5.16 Å². The van der Waals surface area contributed by atoms with Crippen molar-refractivity contribution in [3.63, 3.8) is 0 Å². The summed E-state index contributed by atoms with van der Waals surface area (Å²) in [7, 11) is -2.01. The van der Waals surface area contributed by atoms with Crippen LogP contribution in [0.15, 0.2) is 47.3 Å². The topological polar surface area (TPSA) is 89.5 Å². The second-order valence-corrected chi connectivity index (χ2v) is 9.81. The van der Waals surface area contributed by atoms with Gasteiger partial charge in [0.1, 0.15) is 5.49 Å². The smallest absolute Gasteiger partial charge is 0.335 e. The molecular weight excluding hydrogens is 393 g/mol. The third kappa shape index (κ3) is 3.50. The van der Waals surface area contributed by atoms with Gasteiger partial charge in [0, 0.05) is 12.6 Å². The number of halogens is 1. The monoisotopic (exact) mass is 409 g/mol. The lowest BCUT2D eigenvalue weighted by atomic mass is 9.92. The van der Waals surface area contributed by atoms with Crippen LogP contribution in [0.4, 0.5) is 0 Å². The van der Waals surface area contributed by atoms with Gasteiger partial charge in [0.25, 0.3) is 0 Å². The predicted octanol–water partition coefficient (Wildman–Crippen LogP) is 3.98. The second kappa shape index (κ2) is 6.59. The normalized spacial score (nSPS) is 19.7. The molecule has 1 aliphatic heterocycles. The molecule has 4 rings (SSSR count). The van der Waals surface area contributed by atoms with Crippen molar-refractivity contribution in [2.24, 2.45) is 0 Å². The minimum absolute atomic E-state index is 0.314. The summed E-state index contributed by atoms with van der Waals surface area (Å²) < 4.78 is 11.0. The molecule has 26 heavy (non-hydrogen) atoms. The molecule has 2 aliphatic rings. The molecule has 0 spiro atoms. The lowest BCUT2D eigenvalue weighted by Crippen LogP contribution is -2.24. The molecular formula is C17H17ClN3O3PS. The maximum atomic E-state index is 11.0. The third-order valence-corrected chi connectivity index (χ3v) is 7.13. The van der Waals surface area contributed by atoms with Crippen molar-refractivity contribution < 1.29 is 14.4 Å². The maximum Gasteiger partial charge on any atom is 0.335 e. The van der Waals surface area contributed by atoms with Crippen molar-refractivity contribution in [1.29, 1.82) is 0 Å². The number of aromatic amines is 1. The summed E-state index contributed by atoms with van der Waals surface area (Å²) in [5, 5.41) is 1.08. The zero-order valence-corrected chi connectivity index (χ0v) is 16.4. The number of H-pyrrole nitrogens is 1. The molecule has 0 radical (unpaired) electrons. The average molecular weight is 410 g/mol. The van der Waals surface area contributed by atoms with Crippen LogP contribution in [0.5, 0.6) is 0 Å². The quantitative estimate of drug-likeness (QED) is 0.522. The summed E-state index contributed by atoms with van der Waals surface area (Å²) in [6, 6.07) is 4.12. The van der Waals surface area contributed by atoms with Gasteiger partial charge in [0.05, 0.1) is 22.1 Å². The van der Waals surface area contributed by atoms with Gasteiger partial charge in [-0.2, -0.15) is 0 Å². The number of benzene rings is 1. The Kier molecular flexibility index (Phi) is 4.53. The van der Waals surface area contributed by atoms with Crippen LogP contribution in [-0.4, -0.2) is 43.2 Å². The van der Waals surface area contributed by atoms with Crippen molar-refractivity contribution in [3.8, 4) is 0 Å². The van der Waals surface area contributed by atoms with Crippen molar-refractivity contribution in [1.82, 2.24) is 14.9 Å². The molecule has 2 heterocycles. The standard InChI is InChI=1S/C17H17ClN3O3PS/c1-21-5-4-11-6-10(2-3-16(11)21)12-7-14-15(8-13(12)18)20-17(19-14)26-9-25(22,23)24/h2,4-8,16H,3,9H2,1H3,(H,19,20)(H2,22,23,24). The predicted molar refractivity (Wildman–Crippen MR) is 105 cm³/mol. The Hall–Kier alpha value is -1.50. The van der Waals surface area contributed by atoms with E-state index >= 15 is 0 Å². The van der Waals surface area contributed by atoms with Gasteiger partial charge < -0.3 is 19.7 Å². The molecule has 0 bridgehead atoms. The molecule has 6 nitrogen and oxygen atoms in total. The van der Waals surface area contributed by atoms with Crippen LogP contribution < -0.4 is 0 Å². The summed E-state index contributed by atoms with van der Waals surface area (Å²) in [6.45, 7) is 0. The van der Waals surface area contributed by atoms with Crippen molar-refractivity contribution in [2.75, 3.05) is 12.5 Å². The van der Waals surface area contributed by atoms with E-state index in [9.17, 15) is 4.57 Å². The first kappa shape index (κ1) is 17.9. The van der Waals surface area contributed by atoms with Crippen LogP contribution in [0.25, 0.3) is 16.6 Å². The Morgan fingerprint density at radius 3 is 3.04 bits per heavy atom. The molecule has 1 atom stereocenters. The number of likely N-dealkylation sites (N-methyl/N-ethyl adjacent to an activating group) is 1. The molecule has 0 saturated heterocycles. The highest BCUT2D eigenvalue weighted by Crippen LogP contribution is 2.41. The highest BCUT2D eigenvalue weighted by Gasteiger charge is 2.24. The highest BCUT2D eigenvalue weighted by molar-refractivity contribution is 8.04. The zero-order chi connectivity index (χ0) is 18.5. The number of imidazole rings is 1. The summed E-state index contributed by atoms with van der Waals surface area (Å²) in [5.74, 6) is 0. The van der Waals surface area contributed by atoms with Gasteiger partial charge in [-0.15, -0.1) is 0 Å². The van der Waals surface area contributed by atoms with Gasteiger partial charge >= 0.3 is 7.60 Å². The van der Waals surface area contributed by atoms with Crippen molar-refractivity contribution >= 4 is 47.6 Å². The number of allylic oxidation sites excluding steroid dienone is 2. The molecule has 1 unspecified atom stereocenters. The summed E-state index contributed by atoms with van der Waals surface area (Å²) in [5.41, 5.74) is 4.39. The molecule has 2 aromatic rings. The van der Waals surface area contributed by atoms with Crippen LogP contribution in [0.3, 0.4) is 0 Å². The fraction of sp³-hybridized carbons (Fsp3) is 0.235. The lowest BCUT2D eigenvalue weighted by molar-refractivity contribution is 0.379. The van der Waals surface area contributed by atoms with Gasteiger partial charge in [-0.25, -0.2) is 4.98 Å². The molecule has 0 fully saturated rings. The summed E-state index contributed by atoms with van der Waals surface area (Å²) >= 11 is 7.49. The number of aromatic nitrogens is 2. The number of hydrogen-bond acceptors (Lipinski definition) is 4. The number of nitrogens with zero attached hydrogens (tertiary/aromatic N) is 2. The fourth-order valence-electron chi connectivity index (χ4n) is 3.21. The Balaban J connectivity index is 1.65. The minimum Gasteiger partial charge on any atom is -0.373 e. The molecule has 3 N–H and O–H groups in total. The number of rotatable bonds is 4. The van der Waals surface area contributed by atoms with Gasteiger partial charge in [0.2, 0.25) is 0 Å². The molecule has 1 aliphatic carbocycles. The Morgan fingerprint density at radius 2 is 2.27 bits per heavy atom.